The standard InChI is InChI=1S/C18H27N3O2/c1-4-16-5-7-17(8-6-16)21(15(2)22)10-9-18(23)20-13-11-19(3)12-14-20/h5-8H,4,9-14H2,1-3H3. The maximum atomic E-state index is 12.3. The third-order valence-electron chi connectivity index (χ3n) is 4.44. The molecule has 1 aromatic rings. The molecule has 0 aromatic heterocycles. The highest BCUT2D eigenvalue weighted by molar-refractivity contribution is 5.92. The lowest BCUT2D eigenvalue weighted by Crippen LogP contribution is -2.47. The van der Waals surface area contributed by atoms with Crippen LogP contribution in [0.4, 0.5) is 5.69 Å². The fraction of sp³-hybridized carbons (Fsp3) is 0.556. The van der Waals surface area contributed by atoms with Crippen LogP contribution in [-0.2, 0) is 16.0 Å². The van der Waals surface area contributed by atoms with Crippen LogP contribution >= 0.6 is 0 Å². The highest BCUT2D eigenvalue weighted by Gasteiger charge is 2.20. The van der Waals surface area contributed by atoms with E-state index < -0.39 is 0 Å². The molecule has 0 aliphatic carbocycles. The van der Waals surface area contributed by atoms with E-state index in [1.54, 1.807) is 11.8 Å². The number of rotatable bonds is 5. The number of likely N-dealkylation sites (N-methyl/N-ethyl adjacent to an activating group) is 1. The van der Waals surface area contributed by atoms with Gasteiger partial charge in [-0.15, -0.1) is 0 Å². The Morgan fingerprint density at radius 2 is 1.70 bits per heavy atom. The Labute approximate surface area is 138 Å². The lowest BCUT2D eigenvalue weighted by molar-refractivity contribution is -0.132. The molecule has 0 saturated carbocycles. The molecule has 23 heavy (non-hydrogen) atoms. The molecular formula is C18H27N3O2. The first-order valence-corrected chi connectivity index (χ1v) is 8.34. The van der Waals surface area contributed by atoms with Crippen LogP contribution in [-0.4, -0.2) is 61.4 Å². The van der Waals surface area contributed by atoms with Gasteiger partial charge in [-0.25, -0.2) is 0 Å². The van der Waals surface area contributed by atoms with Gasteiger partial charge in [0.2, 0.25) is 11.8 Å². The van der Waals surface area contributed by atoms with Gasteiger partial charge in [0.05, 0.1) is 0 Å². The molecule has 0 unspecified atom stereocenters. The van der Waals surface area contributed by atoms with E-state index in [1.165, 1.54) is 5.56 Å². The van der Waals surface area contributed by atoms with Gasteiger partial charge in [-0.2, -0.15) is 0 Å². The Morgan fingerprint density at radius 1 is 1.09 bits per heavy atom. The van der Waals surface area contributed by atoms with Crippen molar-refractivity contribution in [1.29, 1.82) is 0 Å². The molecule has 2 amide bonds. The lowest BCUT2D eigenvalue weighted by atomic mass is 10.1. The third kappa shape index (κ3) is 4.79. The topological polar surface area (TPSA) is 43.9 Å². The van der Waals surface area contributed by atoms with Crippen molar-refractivity contribution >= 4 is 17.5 Å². The molecule has 0 N–H and O–H groups in total. The number of benzene rings is 1. The molecule has 0 radical (unpaired) electrons. The van der Waals surface area contributed by atoms with Gasteiger partial charge in [0, 0.05) is 51.8 Å². The van der Waals surface area contributed by atoms with Crippen LogP contribution in [0.15, 0.2) is 24.3 Å². The smallest absolute Gasteiger partial charge is 0.224 e. The fourth-order valence-electron chi connectivity index (χ4n) is 2.80. The Morgan fingerprint density at radius 3 is 2.22 bits per heavy atom. The number of piperazine rings is 1. The Balaban J connectivity index is 1.94. The van der Waals surface area contributed by atoms with Gasteiger partial charge in [0.25, 0.3) is 0 Å². The predicted octanol–water partition coefficient (Wildman–Crippen LogP) is 1.77. The zero-order valence-electron chi connectivity index (χ0n) is 14.4. The molecular weight excluding hydrogens is 290 g/mol. The second-order valence-electron chi connectivity index (χ2n) is 6.12. The SMILES string of the molecule is CCc1ccc(N(CCC(=O)N2CCN(C)CC2)C(C)=O)cc1. The number of hydrogen-bond donors (Lipinski definition) is 0. The minimum atomic E-state index is -0.0274. The molecule has 5 heteroatoms. The number of hydrogen-bond acceptors (Lipinski definition) is 3. The van der Waals surface area contributed by atoms with E-state index in [-0.39, 0.29) is 11.8 Å². The highest BCUT2D eigenvalue weighted by atomic mass is 16.2. The number of nitrogens with zero attached hydrogens (tertiary/aromatic N) is 3. The minimum absolute atomic E-state index is 0.0274. The normalized spacial score (nSPS) is 15.5. The maximum absolute atomic E-state index is 12.3. The molecule has 5 nitrogen and oxygen atoms in total. The summed E-state index contributed by atoms with van der Waals surface area (Å²) in [6.07, 6.45) is 1.35. The van der Waals surface area contributed by atoms with E-state index in [4.69, 9.17) is 0 Å². The van der Waals surface area contributed by atoms with Gasteiger partial charge in [0.1, 0.15) is 0 Å². The molecule has 1 aliphatic heterocycles. The monoisotopic (exact) mass is 317 g/mol. The highest BCUT2D eigenvalue weighted by Crippen LogP contribution is 2.17. The Kier molecular flexibility index (Phi) is 6.16. The number of aryl methyl sites for hydroxylation is 1. The largest absolute Gasteiger partial charge is 0.340 e. The summed E-state index contributed by atoms with van der Waals surface area (Å²) >= 11 is 0. The molecule has 1 aromatic carbocycles. The van der Waals surface area contributed by atoms with Crippen molar-refractivity contribution in [2.75, 3.05) is 44.7 Å². The van der Waals surface area contributed by atoms with Gasteiger partial charge in [-0.05, 0) is 31.2 Å². The van der Waals surface area contributed by atoms with Crippen LogP contribution in [0.2, 0.25) is 0 Å². The van der Waals surface area contributed by atoms with E-state index >= 15 is 0 Å². The zero-order valence-corrected chi connectivity index (χ0v) is 14.4. The molecule has 126 valence electrons. The van der Waals surface area contributed by atoms with Crippen LogP contribution in [0.1, 0.15) is 25.8 Å². The molecule has 1 heterocycles. The number of amides is 2. The molecule has 0 spiro atoms. The third-order valence-corrected chi connectivity index (χ3v) is 4.44. The van der Waals surface area contributed by atoms with Crippen molar-refractivity contribution in [3.05, 3.63) is 29.8 Å². The van der Waals surface area contributed by atoms with Gasteiger partial charge >= 0.3 is 0 Å². The molecule has 1 aliphatic rings. The first kappa shape index (κ1) is 17.5. The summed E-state index contributed by atoms with van der Waals surface area (Å²) in [6.45, 7) is 7.48. The summed E-state index contributed by atoms with van der Waals surface area (Å²) in [5.74, 6) is 0.106. The minimum Gasteiger partial charge on any atom is -0.340 e. The van der Waals surface area contributed by atoms with E-state index in [0.717, 1.165) is 38.3 Å². The first-order chi connectivity index (χ1) is 11.0. The van der Waals surface area contributed by atoms with Crippen molar-refractivity contribution in [2.45, 2.75) is 26.7 Å². The summed E-state index contributed by atoms with van der Waals surface area (Å²) < 4.78 is 0. The van der Waals surface area contributed by atoms with Crippen LogP contribution in [0.25, 0.3) is 0 Å². The predicted molar refractivity (Wildman–Crippen MR) is 92.5 cm³/mol. The number of carbonyl (C=O) groups excluding carboxylic acids is 2. The van der Waals surface area contributed by atoms with Crippen molar-refractivity contribution in [1.82, 2.24) is 9.80 Å². The summed E-state index contributed by atoms with van der Waals surface area (Å²) in [5.41, 5.74) is 2.10. The summed E-state index contributed by atoms with van der Waals surface area (Å²) in [4.78, 5) is 30.1. The van der Waals surface area contributed by atoms with E-state index in [0.29, 0.717) is 13.0 Å². The van der Waals surface area contributed by atoms with Gasteiger partial charge < -0.3 is 14.7 Å². The zero-order chi connectivity index (χ0) is 16.8. The van der Waals surface area contributed by atoms with Crippen molar-refractivity contribution in [2.24, 2.45) is 0 Å². The van der Waals surface area contributed by atoms with Crippen molar-refractivity contribution < 1.29 is 9.59 Å². The maximum Gasteiger partial charge on any atom is 0.224 e. The average Bonchev–Trinajstić information content (AvgIpc) is 2.55. The van der Waals surface area contributed by atoms with Crippen LogP contribution in [0, 0.1) is 0 Å². The summed E-state index contributed by atoms with van der Waals surface area (Å²) in [6, 6.07) is 7.99. The van der Waals surface area contributed by atoms with Crippen molar-refractivity contribution in [3.8, 4) is 0 Å². The summed E-state index contributed by atoms with van der Waals surface area (Å²) in [5, 5.41) is 0. The van der Waals surface area contributed by atoms with Crippen LogP contribution in [0.3, 0.4) is 0 Å². The van der Waals surface area contributed by atoms with Crippen molar-refractivity contribution in [3.63, 3.8) is 0 Å². The van der Waals surface area contributed by atoms with Gasteiger partial charge in [-0.3, -0.25) is 9.59 Å². The van der Waals surface area contributed by atoms with E-state index in [9.17, 15) is 9.59 Å². The Hall–Kier alpha value is -1.88. The summed E-state index contributed by atoms with van der Waals surface area (Å²) in [7, 11) is 2.07. The number of carbonyl (C=O) groups is 2. The van der Waals surface area contributed by atoms with Crippen LogP contribution in [0.5, 0.6) is 0 Å². The molecule has 1 fully saturated rings. The average molecular weight is 317 g/mol. The molecule has 2 rings (SSSR count). The quantitative estimate of drug-likeness (QED) is 0.831. The lowest BCUT2D eigenvalue weighted by Gasteiger charge is -2.33. The van der Waals surface area contributed by atoms with E-state index in [2.05, 4.69) is 18.9 Å². The fourth-order valence-corrected chi connectivity index (χ4v) is 2.80. The van der Waals surface area contributed by atoms with Crippen LogP contribution < -0.4 is 4.90 Å². The first-order valence-electron chi connectivity index (χ1n) is 8.34. The van der Waals surface area contributed by atoms with Gasteiger partial charge in [0.15, 0.2) is 0 Å². The molecule has 0 bridgehead atoms. The molecule has 1 saturated heterocycles. The molecule has 0 atom stereocenters. The Bertz CT molecular complexity index is 534. The van der Waals surface area contributed by atoms with E-state index in [1.807, 2.05) is 29.2 Å². The second-order valence-corrected chi connectivity index (χ2v) is 6.12. The van der Waals surface area contributed by atoms with Gasteiger partial charge in [-0.1, -0.05) is 19.1 Å². The number of anilines is 1. The second kappa shape index (κ2) is 8.11.